The molecule has 0 fully saturated rings. The lowest BCUT2D eigenvalue weighted by atomic mass is 10.1. The first-order valence-corrected chi connectivity index (χ1v) is 7.81. The summed E-state index contributed by atoms with van der Waals surface area (Å²) >= 11 is 0. The number of halogens is 2. The molecule has 2 amide bonds. The molecule has 0 spiro atoms. The fourth-order valence-corrected chi connectivity index (χ4v) is 2.27. The summed E-state index contributed by atoms with van der Waals surface area (Å²) in [5, 5.41) is 2.55. The van der Waals surface area contributed by atoms with Crippen LogP contribution in [0.5, 0.6) is 0 Å². The van der Waals surface area contributed by atoms with Crippen LogP contribution in [-0.2, 0) is 11.3 Å². The van der Waals surface area contributed by atoms with Crippen molar-refractivity contribution in [2.75, 3.05) is 13.6 Å². The summed E-state index contributed by atoms with van der Waals surface area (Å²) in [4.78, 5) is 25.5. The Hall–Kier alpha value is -2.76. The highest BCUT2D eigenvalue weighted by molar-refractivity contribution is 5.96. The van der Waals surface area contributed by atoms with Crippen molar-refractivity contribution in [2.24, 2.45) is 0 Å². The van der Waals surface area contributed by atoms with E-state index in [1.54, 1.807) is 12.1 Å². The summed E-state index contributed by atoms with van der Waals surface area (Å²) in [6.45, 7) is 3.64. The van der Waals surface area contributed by atoms with Gasteiger partial charge in [-0.1, -0.05) is 12.1 Å². The standard InChI is InChI=1S/C19H20F2N2O2/c1-12-4-5-14(8-13(12)2)19(25)22-10-18(24)23(3)11-15-6-7-16(20)9-17(15)21/h4-9H,10-11H2,1-3H3,(H,22,25). The van der Waals surface area contributed by atoms with Gasteiger partial charge in [0.1, 0.15) is 11.6 Å². The van der Waals surface area contributed by atoms with E-state index in [0.717, 1.165) is 23.3 Å². The second-order valence-electron chi connectivity index (χ2n) is 5.97. The molecule has 1 N–H and O–H groups in total. The van der Waals surface area contributed by atoms with Crippen LogP contribution in [0.3, 0.4) is 0 Å². The Balaban J connectivity index is 1.92. The van der Waals surface area contributed by atoms with Gasteiger partial charge in [-0.15, -0.1) is 0 Å². The first-order chi connectivity index (χ1) is 11.8. The lowest BCUT2D eigenvalue weighted by Crippen LogP contribution is -2.38. The molecule has 2 aromatic rings. The number of nitrogens with zero attached hydrogens (tertiary/aromatic N) is 1. The van der Waals surface area contributed by atoms with Crippen LogP contribution in [0.1, 0.15) is 27.0 Å². The number of carbonyl (C=O) groups excluding carboxylic acids is 2. The third kappa shape index (κ3) is 4.86. The Morgan fingerprint density at radius 2 is 1.76 bits per heavy atom. The second kappa shape index (κ2) is 7.88. The normalized spacial score (nSPS) is 10.4. The molecule has 0 unspecified atom stereocenters. The molecule has 0 atom stereocenters. The highest BCUT2D eigenvalue weighted by atomic mass is 19.1. The maximum absolute atomic E-state index is 13.6. The van der Waals surface area contributed by atoms with Gasteiger partial charge in [-0.05, 0) is 43.2 Å². The number of nitrogens with one attached hydrogen (secondary N) is 1. The van der Waals surface area contributed by atoms with Crippen LogP contribution < -0.4 is 5.32 Å². The summed E-state index contributed by atoms with van der Waals surface area (Å²) in [5.74, 6) is -2.10. The Bertz CT molecular complexity index is 806. The minimum absolute atomic E-state index is 0.00947. The SMILES string of the molecule is Cc1ccc(C(=O)NCC(=O)N(C)Cc2ccc(F)cc2F)cc1C. The fourth-order valence-electron chi connectivity index (χ4n) is 2.27. The lowest BCUT2D eigenvalue weighted by Gasteiger charge is -2.18. The molecule has 2 rings (SSSR count). The zero-order valence-electron chi connectivity index (χ0n) is 14.4. The van der Waals surface area contributed by atoms with Gasteiger partial charge in [0.25, 0.3) is 5.91 Å². The topological polar surface area (TPSA) is 49.4 Å². The second-order valence-corrected chi connectivity index (χ2v) is 5.97. The van der Waals surface area contributed by atoms with Crippen molar-refractivity contribution in [3.8, 4) is 0 Å². The van der Waals surface area contributed by atoms with Crippen molar-refractivity contribution in [2.45, 2.75) is 20.4 Å². The average molecular weight is 346 g/mol. The van der Waals surface area contributed by atoms with Gasteiger partial charge in [-0.2, -0.15) is 0 Å². The quantitative estimate of drug-likeness (QED) is 0.905. The third-order valence-electron chi connectivity index (χ3n) is 4.02. The summed E-state index contributed by atoms with van der Waals surface area (Å²) in [6, 6.07) is 8.50. The number of benzene rings is 2. The number of carbonyl (C=O) groups is 2. The van der Waals surface area contributed by atoms with Crippen LogP contribution >= 0.6 is 0 Å². The predicted molar refractivity (Wildman–Crippen MR) is 91.1 cm³/mol. The molecule has 132 valence electrons. The van der Waals surface area contributed by atoms with Crippen molar-refractivity contribution >= 4 is 11.8 Å². The van der Waals surface area contributed by atoms with Gasteiger partial charge >= 0.3 is 0 Å². The fraction of sp³-hybridized carbons (Fsp3) is 0.263. The van der Waals surface area contributed by atoms with Crippen LogP contribution in [0, 0.1) is 25.5 Å². The molecule has 0 heterocycles. The van der Waals surface area contributed by atoms with Crippen molar-refractivity contribution in [1.82, 2.24) is 10.2 Å². The molecule has 0 radical (unpaired) electrons. The zero-order chi connectivity index (χ0) is 18.6. The Labute approximate surface area is 145 Å². The first kappa shape index (κ1) is 18.6. The maximum Gasteiger partial charge on any atom is 0.251 e. The van der Waals surface area contributed by atoms with E-state index in [0.29, 0.717) is 5.56 Å². The van der Waals surface area contributed by atoms with Gasteiger partial charge in [0.15, 0.2) is 0 Å². The van der Waals surface area contributed by atoms with Crippen LogP contribution in [0.25, 0.3) is 0 Å². The van der Waals surface area contributed by atoms with Crippen LogP contribution in [0.4, 0.5) is 8.78 Å². The van der Waals surface area contributed by atoms with Gasteiger partial charge in [0.2, 0.25) is 5.91 Å². The predicted octanol–water partition coefficient (Wildman–Crippen LogP) is 2.97. The maximum atomic E-state index is 13.6. The highest BCUT2D eigenvalue weighted by Crippen LogP contribution is 2.12. The van der Waals surface area contributed by atoms with Gasteiger partial charge in [-0.3, -0.25) is 9.59 Å². The summed E-state index contributed by atoms with van der Waals surface area (Å²) < 4.78 is 26.5. The van der Waals surface area contributed by atoms with E-state index in [4.69, 9.17) is 0 Å². The van der Waals surface area contributed by atoms with E-state index < -0.39 is 11.6 Å². The van der Waals surface area contributed by atoms with E-state index in [1.807, 2.05) is 19.9 Å². The zero-order valence-corrected chi connectivity index (χ0v) is 14.4. The third-order valence-corrected chi connectivity index (χ3v) is 4.02. The Morgan fingerprint density at radius 3 is 2.40 bits per heavy atom. The molecule has 0 bridgehead atoms. The minimum Gasteiger partial charge on any atom is -0.343 e. The molecule has 0 aromatic heterocycles. The molecule has 6 heteroatoms. The molecule has 4 nitrogen and oxygen atoms in total. The minimum atomic E-state index is -0.709. The van der Waals surface area contributed by atoms with E-state index in [2.05, 4.69) is 5.32 Å². The largest absolute Gasteiger partial charge is 0.343 e. The van der Waals surface area contributed by atoms with Gasteiger partial charge in [0.05, 0.1) is 6.54 Å². The van der Waals surface area contributed by atoms with Crippen LogP contribution in [-0.4, -0.2) is 30.3 Å². The smallest absolute Gasteiger partial charge is 0.251 e. The summed E-state index contributed by atoms with van der Waals surface area (Å²) in [7, 11) is 1.49. The number of aryl methyl sites for hydroxylation is 2. The molecule has 2 aromatic carbocycles. The Kier molecular flexibility index (Phi) is 5.85. The van der Waals surface area contributed by atoms with E-state index in [-0.39, 0.29) is 30.5 Å². The molecule has 0 saturated heterocycles. The number of hydrogen-bond donors (Lipinski definition) is 1. The van der Waals surface area contributed by atoms with Crippen LogP contribution in [0.15, 0.2) is 36.4 Å². The average Bonchev–Trinajstić information content (AvgIpc) is 2.57. The first-order valence-electron chi connectivity index (χ1n) is 7.81. The molecular formula is C19H20F2N2O2. The Morgan fingerprint density at radius 1 is 1.04 bits per heavy atom. The van der Waals surface area contributed by atoms with Crippen molar-refractivity contribution in [1.29, 1.82) is 0 Å². The molecule has 0 aliphatic rings. The highest BCUT2D eigenvalue weighted by Gasteiger charge is 2.14. The van der Waals surface area contributed by atoms with E-state index in [1.165, 1.54) is 18.0 Å². The number of hydrogen-bond acceptors (Lipinski definition) is 2. The van der Waals surface area contributed by atoms with E-state index in [9.17, 15) is 18.4 Å². The molecule has 0 aliphatic heterocycles. The number of amides is 2. The lowest BCUT2D eigenvalue weighted by molar-refractivity contribution is -0.129. The van der Waals surface area contributed by atoms with Crippen LogP contribution in [0.2, 0.25) is 0 Å². The molecular weight excluding hydrogens is 326 g/mol. The van der Waals surface area contributed by atoms with Gasteiger partial charge in [-0.25, -0.2) is 8.78 Å². The number of rotatable bonds is 5. The molecule has 0 saturated carbocycles. The van der Waals surface area contributed by atoms with E-state index >= 15 is 0 Å². The van der Waals surface area contributed by atoms with Crippen molar-refractivity contribution in [3.63, 3.8) is 0 Å². The molecule has 0 aliphatic carbocycles. The van der Waals surface area contributed by atoms with Crippen molar-refractivity contribution < 1.29 is 18.4 Å². The monoisotopic (exact) mass is 346 g/mol. The van der Waals surface area contributed by atoms with Gasteiger partial charge < -0.3 is 10.2 Å². The molecule has 25 heavy (non-hydrogen) atoms. The summed E-state index contributed by atoms with van der Waals surface area (Å²) in [6.07, 6.45) is 0. The summed E-state index contributed by atoms with van der Waals surface area (Å²) in [5.41, 5.74) is 2.75. The van der Waals surface area contributed by atoms with Gasteiger partial charge in [0, 0.05) is 30.8 Å². The number of likely N-dealkylation sites (N-methyl/N-ethyl adjacent to an activating group) is 1. The van der Waals surface area contributed by atoms with Crippen molar-refractivity contribution in [3.05, 3.63) is 70.3 Å².